The molecule has 6 heteroatoms. The molecular weight excluding hydrogens is 312 g/mol. The summed E-state index contributed by atoms with van der Waals surface area (Å²) in [6.45, 7) is 0.283. The van der Waals surface area contributed by atoms with E-state index in [-0.39, 0.29) is 23.8 Å². The second kappa shape index (κ2) is 7.89. The molecule has 0 aliphatic carbocycles. The fraction of sp³-hybridized carbons (Fsp3) is 0.235. The first-order chi connectivity index (χ1) is 11.0. The van der Waals surface area contributed by atoms with Crippen LogP contribution in [-0.2, 0) is 14.8 Å². The molecule has 0 heterocycles. The van der Waals surface area contributed by atoms with Crippen LogP contribution in [0.1, 0.15) is 19.3 Å². The van der Waals surface area contributed by atoms with Gasteiger partial charge in [-0.2, -0.15) is 0 Å². The molecule has 122 valence electrons. The first-order valence-corrected chi connectivity index (χ1v) is 8.91. The van der Waals surface area contributed by atoms with Crippen LogP contribution in [0.2, 0.25) is 0 Å². The molecule has 2 aromatic rings. The lowest BCUT2D eigenvalue weighted by Crippen LogP contribution is -2.25. The van der Waals surface area contributed by atoms with Crippen LogP contribution in [0.3, 0.4) is 0 Å². The topological polar surface area (TPSA) is 89.3 Å². The summed E-state index contributed by atoms with van der Waals surface area (Å²) in [6, 6.07) is 16.4. The maximum atomic E-state index is 12.3. The van der Waals surface area contributed by atoms with Gasteiger partial charge in [0.25, 0.3) is 0 Å². The molecule has 0 bridgehead atoms. The predicted molar refractivity (Wildman–Crippen MR) is 90.1 cm³/mol. The molecule has 0 unspecified atom stereocenters. The normalized spacial score (nSPS) is 11.3. The van der Waals surface area contributed by atoms with E-state index in [1.807, 2.05) is 36.4 Å². The zero-order valence-corrected chi connectivity index (χ0v) is 13.6. The minimum atomic E-state index is -3.56. The highest BCUT2D eigenvalue weighted by atomic mass is 32.2. The van der Waals surface area contributed by atoms with Crippen LogP contribution in [0, 0.1) is 0 Å². The molecule has 0 saturated carbocycles. The van der Waals surface area contributed by atoms with Gasteiger partial charge in [-0.3, -0.25) is 4.79 Å². The summed E-state index contributed by atoms with van der Waals surface area (Å²) in [6.07, 6.45) is 1.41. The molecule has 1 amide bonds. The average molecular weight is 332 g/mol. The van der Waals surface area contributed by atoms with Gasteiger partial charge in [-0.05, 0) is 36.1 Å². The number of nitrogens with two attached hydrogens (primary N) is 1. The number of benzene rings is 2. The largest absolute Gasteiger partial charge is 0.370 e. The molecular formula is C17H20N2O3S. The van der Waals surface area contributed by atoms with E-state index in [9.17, 15) is 13.2 Å². The summed E-state index contributed by atoms with van der Waals surface area (Å²) < 4.78 is 27.2. The number of amides is 1. The van der Waals surface area contributed by atoms with Crippen molar-refractivity contribution in [1.82, 2.24) is 4.72 Å². The third-order valence-electron chi connectivity index (χ3n) is 3.39. The highest BCUT2D eigenvalue weighted by Gasteiger charge is 2.14. The first kappa shape index (κ1) is 17.2. The minimum absolute atomic E-state index is 0.230. The molecule has 0 saturated heterocycles. The Morgan fingerprint density at radius 1 is 0.957 bits per heavy atom. The van der Waals surface area contributed by atoms with E-state index in [0.29, 0.717) is 12.8 Å². The lowest BCUT2D eigenvalue weighted by Gasteiger charge is -2.08. The Balaban J connectivity index is 2.04. The number of rotatable bonds is 8. The summed E-state index contributed by atoms with van der Waals surface area (Å²) >= 11 is 0. The van der Waals surface area contributed by atoms with Crippen LogP contribution in [0.4, 0.5) is 0 Å². The Morgan fingerprint density at radius 2 is 1.65 bits per heavy atom. The standard InChI is InChI=1S/C17H20N2O3S/c18-17(20)11-4-5-12-19-23(21,22)16-10-6-9-15(13-16)14-7-2-1-3-8-14/h1-3,6-10,13,19H,4-5,11-12H2,(H2,18,20). The summed E-state index contributed by atoms with van der Waals surface area (Å²) in [5.41, 5.74) is 6.86. The first-order valence-electron chi connectivity index (χ1n) is 7.42. The second-order valence-electron chi connectivity index (χ2n) is 5.22. The van der Waals surface area contributed by atoms with Gasteiger partial charge >= 0.3 is 0 Å². The van der Waals surface area contributed by atoms with Crippen LogP contribution in [-0.4, -0.2) is 20.9 Å². The predicted octanol–water partition coefficient (Wildman–Crippen LogP) is 2.29. The Bertz CT molecular complexity index is 758. The van der Waals surface area contributed by atoms with E-state index in [0.717, 1.165) is 11.1 Å². The minimum Gasteiger partial charge on any atom is -0.370 e. The van der Waals surface area contributed by atoms with Gasteiger partial charge in [0.15, 0.2) is 0 Å². The van der Waals surface area contributed by atoms with Crippen LogP contribution < -0.4 is 10.5 Å². The highest BCUT2D eigenvalue weighted by molar-refractivity contribution is 7.89. The summed E-state index contributed by atoms with van der Waals surface area (Å²) in [4.78, 5) is 10.9. The molecule has 23 heavy (non-hydrogen) atoms. The SMILES string of the molecule is NC(=O)CCCCNS(=O)(=O)c1cccc(-c2ccccc2)c1. The summed E-state index contributed by atoms with van der Waals surface area (Å²) in [5, 5.41) is 0. The zero-order chi connectivity index (χ0) is 16.7. The average Bonchev–Trinajstić information content (AvgIpc) is 2.55. The summed E-state index contributed by atoms with van der Waals surface area (Å²) in [7, 11) is -3.56. The smallest absolute Gasteiger partial charge is 0.240 e. The molecule has 0 atom stereocenters. The molecule has 2 rings (SSSR count). The highest BCUT2D eigenvalue weighted by Crippen LogP contribution is 2.22. The van der Waals surface area contributed by atoms with Gasteiger partial charge in [-0.25, -0.2) is 13.1 Å². The van der Waals surface area contributed by atoms with Gasteiger partial charge in [0.2, 0.25) is 15.9 Å². The molecule has 2 aromatic carbocycles. The van der Waals surface area contributed by atoms with Crippen molar-refractivity contribution in [1.29, 1.82) is 0 Å². The number of carbonyl (C=O) groups excluding carboxylic acids is 1. The van der Waals surface area contributed by atoms with Crippen LogP contribution in [0.5, 0.6) is 0 Å². The number of unbranched alkanes of at least 4 members (excludes halogenated alkanes) is 1. The van der Waals surface area contributed by atoms with Gasteiger partial charge in [0.1, 0.15) is 0 Å². The second-order valence-corrected chi connectivity index (χ2v) is 6.98. The maximum Gasteiger partial charge on any atom is 0.240 e. The Kier molecular flexibility index (Phi) is 5.90. The van der Waals surface area contributed by atoms with Crippen molar-refractivity contribution in [2.75, 3.05) is 6.54 Å². The summed E-state index contributed by atoms with van der Waals surface area (Å²) in [5.74, 6) is -0.372. The van der Waals surface area contributed by atoms with E-state index < -0.39 is 10.0 Å². The Hall–Kier alpha value is -2.18. The zero-order valence-electron chi connectivity index (χ0n) is 12.7. The molecule has 0 aliphatic heterocycles. The lowest BCUT2D eigenvalue weighted by atomic mass is 10.1. The lowest BCUT2D eigenvalue weighted by molar-refractivity contribution is -0.118. The van der Waals surface area contributed by atoms with Crippen molar-refractivity contribution >= 4 is 15.9 Å². The van der Waals surface area contributed by atoms with Crippen LogP contribution in [0.25, 0.3) is 11.1 Å². The number of hydrogen-bond donors (Lipinski definition) is 2. The number of primary amides is 1. The van der Waals surface area contributed by atoms with Crippen LogP contribution >= 0.6 is 0 Å². The van der Waals surface area contributed by atoms with Gasteiger partial charge in [0.05, 0.1) is 4.90 Å². The number of hydrogen-bond acceptors (Lipinski definition) is 3. The fourth-order valence-corrected chi connectivity index (χ4v) is 3.31. The maximum absolute atomic E-state index is 12.3. The molecule has 0 radical (unpaired) electrons. The van der Waals surface area contributed by atoms with Crippen molar-refractivity contribution in [3.05, 3.63) is 54.6 Å². The number of sulfonamides is 1. The number of nitrogens with one attached hydrogen (secondary N) is 1. The molecule has 0 aromatic heterocycles. The third kappa shape index (κ3) is 5.19. The van der Waals surface area contributed by atoms with E-state index >= 15 is 0 Å². The molecule has 0 aliphatic rings. The van der Waals surface area contributed by atoms with Crippen LogP contribution in [0.15, 0.2) is 59.5 Å². The molecule has 5 nitrogen and oxygen atoms in total. The molecule has 0 spiro atoms. The Morgan fingerprint density at radius 3 is 2.35 bits per heavy atom. The number of carbonyl (C=O) groups is 1. The van der Waals surface area contributed by atoms with Crippen molar-refractivity contribution in [2.24, 2.45) is 5.73 Å². The van der Waals surface area contributed by atoms with E-state index in [1.54, 1.807) is 18.2 Å². The monoisotopic (exact) mass is 332 g/mol. The van der Waals surface area contributed by atoms with Crippen molar-refractivity contribution in [2.45, 2.75) is 24.2 Å². The van der Waals surface area contributed by atoms with Gasteiger partial charge < -0.3 is 5.73 Å². The quantitative estimate of drug-likeness (QED) is 0.727. The van der Waals surface area contributed by atoms with Crippen molar-refractivity contribution < 1.29 is 13.2 Å². The Labute approximate surface area is 136 Å². The van der Waals surface area contributed by atoms with Gasteiger partial charge in [0, 0.05) is 13.0 Å². The van der Waals surface area contributed by atoms with Gasteiger partial charge in [-0.1, -0.05) is 42.5 Å². The van der Waals surface area contributed by atoms with E-state index in [2.05, 4.69) is 4.72 Å². The van der Waals surface area contributed by atoms with E-state index in [4.69, 9.17) is 5.73 Å². The van der Waals surface area contributed by atoms with E-state index in [1.165, 1.54) is 0 Å². The van der Waals surface area contributed by atoms with Crippen molar-refractivity contribution in [3.63, 3.8) is 0 Å². The van der Waals surface area contributed by atoms with Crippen molar-refractivity contribution in [3.8, 4) is 11.1 Å². The fourth-order valence-electron chi connectivity index (χ4n) is 2.19. The molecule has 0 fully saturated rings. The van der Waals surface area contributed by atoms with Gasteiger partial charge in [-0.15, -0.1) is 0 Å². The third-order valence-corrected chi connectivity index (χ3v) is 4.85. The molecule has 3 N–H and O–H groups in total.